The second kappa shape index (κ2) is 9.59. The lowest BCUT2D eigenvalue weighted by atomic mass is 9.63. The Balaban J connectivity index is 2.01. The topological polar surface area (TPSA) is 55.8 Å². The van der Waals surface area contributed by atoms with Crippen molar-refractivity contribution in [2.75, 3.05) is 26.9 Å². The highest BCUT2D eigenvalue weighted by Gasteiger charge is 2.49. The number of ether oxygens (including phenoxy) is 2. The lowest BCUT2D eigenvalue weighted by Crippen LogP contribution is -2.45. The minimum atomic E-state index is -0.476. The van der Waals surface area contributed by atoms with Crippen LogP contribution in [0, 0.1) is 23.2 Å². The van der Waals surface area contributed by atoms with E-state index in [-0.39, 0.29) is 29.0 Å². The summed E-state index contributed by atoms with van der Waals surface area (Å²) in [4.78, 5) is 29.9. The van der Waals surface area contributed by atoms with Crippen molar-refractivity contribution in [2.45, 2.75) is 59.3 Å². The first kappa shape index (κ1) is 25.7. The molecular weight excluding hydrogens is 506 g/mol. The highest BCUT2D eigenvalue weighted by atomic mass is 79.9. The van der Waals surface area contributed by atoms with Crippen LogP contribution in [0.15, 0.2) is 45.2 Å². The Labute approximate surface area is 217 Å². The molecule has 0 atom stereocenters. The molecule has 1 aromatic rings. The van der Waals surface area contributed by atoms with E-state index < -0.39 is 5.92 Å². The van der Waals surface area contributed by atoms with Crippen LogP contribution in [-0.2, 0) is 14.3 Å². The third-order valence-corrected chi connectivity index (χ3v) is 7.63. The van der Waals surface area contributed by atoms with Crippen LogP contribution in [0.4, 0.5) is 0 Å². The van der Waals surface area contributed by atoms with Crippen LogP contribution in [0.5, 0.6) is 5.75 Å². The third kappa shape index (κ3) is 4.99. The lowest BCUT2D eigenvalue weighted by molar-refractivity contribution is -0.119. The Bertz CT molecular complexity index is 1110. The van der Waals surface area contributed by atoms with Crippen LogP contribution in [0.1, 0.15) is 64.9 Å². The van der Waals surface area contributed by atoms with Crippen molar-refractivity contribution >= 4 is 27.5 Å². The summed E-state index contributed by atoms with van der Waals surface area (Å²) in [5.41, 5.74) is 3.94. The highest BCUT2D eigenvalue weighted by Crippen LogP contribution is 2.55. The van der Waals surface area contributed by atoms with Gasteiger partial charge in [0.15, 0.2) is 11.6 Å². The number of hydrogen-bond donors (Lipinski definition) is 0. The van der Waals surface area contributed by atoms with Gasteiger partial charge in [0.2, 0.25) is 0 Å². The molecule has 0 aromatic heterocycles. The molecule has 1 heterocycles. The number of terminal acetylenes is 1. The molecule has 0 N–H and O–H groups in total. The monoisotopic (exact) mass is 539 g/mol. The zero-order chi connectivity index (χ0) is 25.5. The second-order valence-electron chi connectivity index (χ2n) is 11.4. The van der Waals surface area contributed by atoms with E-state index in [9.17, 15) is 9.59 Å². The van der Waals surface area contributed by atoms with Crippen LogP contribution in [0.25, 0.3) is 0 Å². The fourth-order valence-corrected chi connectivity index (χ4v) is 6.19. The molecule has 6 heteroatoms. The predicted octanol–water partition coefficient (Wildman–Crippen LogP) is 5.79. The standard InChI is InChI=1S/C29H34BrNO4/c1-7-11-35-24-9-8-18(30)13-19(24)25-26-20(14-28(2,3)16-22(26)32)31(10-12-34-6)21-15-29(4,5)17-23(33)27(21)25/h1,8-9,13,25H,10-12,14-17H2,2-6H3. The van der Waals surface area contributed by atoms with E-state index in [4.69, 9.17) is 15.9 Å². The van der Waals surface area contributed by atoms with Crippen LogP contribution in [-0.4, -0.2) is 43.3 Å². The average molecular weight is 540 g/mol. The average Bonchev–Trinajstić information content (AvgIpc) is 2.74. The number of rotatable bonds is 6. The maximum atomic E-state index is 13.8. The molecule has 0 bridgehead atoms. The van der Waals surface area contributed by atoms with Crippen LogP contribution in [0.3, 0.4) is 0 Å². The van der Waals surface area contributed by atoms with Crippen molar-refractivity contribution in [3.8, 4) is 18.1 Å². The molecule has 35 heavy (non-hydrogen) atoms. The summed E-state index contributed by atoms with van der Waals surface area (Å²) >= 11 is 3.59. The lowest BCUT2D eigenvalue weighted by Gasteiger charge is -2.49. The molecule has 5 nitrogen and oxygen atoms in total. The fourth-order valence-electron chi connectivity index (χ4n) is 5.81. The molecule has 0 amide bonds. The van der Waals surface area contributed by atoms with Gasteiger partial charge in [-0.25, -0.2) is 0 Å². The van der Waals surface area contributed by atoms with Crippen LogP contribution >= 0.6 is 15.9 Å². The van der Waals surface area contributed by atoms with E-state index in [1.165, 1.54) is 0 Å². The predicted molar refractivity (Wildman–Crippen MR) is 140 cm³/mol. The molecule has 0 spiro atoms. The molecule has 0 fully saturated rings. The van der Waals surface area contributed by atoms with E-state index >= 15 is 0 Å². The van der Waals surface area contributed by atoms with Crippen LogP contribution < -0.4 is 4.74 Å². The van der Waals surface area contributed by atoms with Gasteiger partial charge in [-0.05, 0) is 41.9 Å². The fraction of sp³-hybridized carbons (Fsp3) is 0.517. The molecule has 0 unspecified atom stereocenters. The van der Waals surface area contributed by atoms with Crippen molar-refractivity contribution in [1.29, 1.82) is 0 Å². The molecule has 0 saturated carbocycles. The number of allylic oxidation sites excluding steroid dienone is 4. The zero-order valence-corrected chi connectivity index (χ0v) is 22.9. The van der Waals surface area contributed by atoms with Crippen molar-refractivity contribution in [3.63, 3.8) is 0 Å². The molecule has 3 aliphatic rings. The molecule has 0 saturated heterocycles. The first-order chi connectivity index (χ1) is 16.5. The van der Waals surface area contributed by atoms with E-state index in [1.54, 1.807) is 7.11 Å². The summed E-state index contributed by atoms with van der Waals surface area (Å²) in [7, 11) is 1.68. The number of benzene rings is 1. The number of nitrogens with zero attached hydrogens (tertiary/aromatic N) is 1. The first-order valence-corrected chi connectivity index (χ1v) is 12.9. The first-order valence-electron chi connectivity index (χ1n) is 12.1. The summed E-state index contributed by atoms with van der Waals surface area (Å²) in [5.74, 6) is 2.85. The molecule has 0 radical (unpaired) electrons. The minimum absolute atomic E-state index is 0.0933. The second-order valence-corrected chi connectivity index (χ2v) is 12.3. The number of Topliss-reactive ketones (excluding diaryl/α,β-unsaturated/α-hetero) is 2. The molecule has 1 aliphatic heterocycles. The molecule has 4 rings (SSSR count). The number of ketones is 2. The number of carbonyl (C=O) groups is 2. The summed E-state index contributed by atoms with van der Waals surface area (Å²) in [6.45, 7) is 9.77. The van der Waals surface area contributed by atoms with Gasteiger partial charge in [0.25, 0.3) is 0 Å². The number of hydrogen-bond acceptors (Lipinski definition) is 5. The minimum Gasteiger partial charge on any atom is -0.481 e. The summed E-state index contributed by atoms with van der Waals surface area (Å²) in [5, 5.41) is 0. The van der Waals surface area contributed by atoms with E-state index in [2.05, 4.69) is 54.4 Å². The largest absolute Gasteiger partial charge is 0.481 e. The molecule has 1 aromatic carbocycles. The quantitative estimate of drug-likeness (QED) is 0.428. The van der Waals surface area contributed by atoms with E-state index in [0.29, 0.717) is 31.7 Å². The SMILES string of the molecule is C#CCOc1ccc(Br)cc1C1C2=C(CC(C)(C)CC2=O)N(CCOC)C2=C1C(=O)CC(C)(C)C2. The maximum Gasteiger partial charge on any atom is 0.162 e. The Kier molecular flexibility index (Phi) is 7.05. The molecular formula is C29H34BrNO4. The normalized spacial score (nSPS) is 21.6. The molecule has 186 valence electrons. The number of halogens is 1. The third-order valence-electron chi connectivity index (χ3n) is 7.13. The Hall–Kier alpha value is -2.36. The van der Waals surface area contributed by atoms with Gasteiger partial charge in [-0.1, -0.05) is 49.5 Å². The van der Waals surface area contributed by atoms with E-state index in [0.717, 1.165) is 45.4 Å². The van der Waals surface area contributed by atoms with Crippen molar-refractivity contribution in [1.82, 2.24) is 4.90 Å². The maximum absolute atomic E-state index is 13.8. The van der Waals surface area contributed by atoms with Crippen molar-refractivity contribution < 1.29 is 19.1 Å². The zero-order valence-electron chi connectivity index (χ0n) is 21.3. The van der Waals surface area contributed by atoms with E-state index in [1.807, 2.05) is 18.2 Å². The van der Waals surface area contributed by atoms with Gasteiger partial charge in [-0.2, -0.15) is 0 Å². The number of carbonyl (C=O) groups excluding carboxylic acids is 2. The van der Waals surface area contributed by atoms with Gasteiger partial charge in [0.05, 0.1) is 6.61 Å². The Morgan fingerprint density at radius 2 is 1.60 bits per heavy atom. The number of methoxy groups -OCH3 is 1. The summed E-state index contributed by atoms with van der Waals surface area (Å²) in [6.07, 6.45) is 7.89. The van der Waals surface area contributed by atoms with Gasteiger partial charge in [-0.15, -0.1) is 6.42 Å². The van der Waals surface area contributed by atoms with Gasteiger partial charge in [0.1, 0.15) is 12.4 Å². The summed E-state index contributed by atoms with van der Waals surface area (Å²) in [6, 6.07) is 5.73. The smallest absolute Gasteiger partial charge is 0.162 e. The Morgan fingerprint density at radius 1 is 1.03 bits per heavy atom. The highest BCUT2D eigenvalue weighted by molar-refractivity contribution is 9.10. The van der Waals surface area contributed by atoms with Gasteiger partial charge in [-0.3, -0.25) is 9.59 Å². The molecule has 2 aliphatic carbocycles. The Morgan fingerprint density at radius 3 is 2.11 bits per heavy atom. The van der Waals surface area contributed by atoms with Crippen molar-refractivity contribution in [3.05, 3.63) is 50.8 Å². The van der Waals surface area contributed by atoms with Crippen LogP contribution in [0.2, 0.25) is 0 Å². The van der Waals surface area contributed by atoms with Gasteiger partial charge < -0.3 is 14.4 Å². The van der Waals surface area contributed by atoms with Gasteiger partial charge in [0, 0.05) is 65.0 Å². The summed E-state index contributed by atoms with van der Waals surface area (Å²) < 4.78 is 12.3. The van der Waals surface area contributed by atoms with Gasteiger partial charge >= 0.3 is 0 Å². The van der Waals surface area contributed by atoms with Crippen molar-refractivity contribution in [2.24, 2.45) is 10.8 Å².